The van der Waals surface area contributed by atoms with Crippen LogP contribution in [0.4, 0.5) is 11.5 Å². The maximum absolute atomic E-state index is 13.0. The Morgan fingerprint density at radius 2 is 2.08 bits per heavy atom. The van der Waals surface area contributed by atoms with Crippen molar-refractivity contribution >= 4 is 44.9 Å². The number of hydrogen-bond donors (Lipinski definition) is 4. The lowest BCUT2D eigenvalue weighted by Crippen LogP contribution is -2.50. The summed E-state index contributed by atoms with van der Waals surface area (Å²) in [6.07, 6.45) is 8.18. The topological polar surface area (TPSA) is 158 Å². The van der Waals surface area contributed by atoms with Crippen LogP contribution in [0.25, 0.3) is 5.57 Å². The number of anilines is 2. The molecule has 4 rings (SSSR count). The van der Waals surface area contributed by atoms with Crippen molar-refractivity contribution in [2.24, 2.45) is 11.7 Å². The molecule has 0 spiro atoms. The Bertz CT molecular complexity index is 1340. The normalized spacial score (nSPS) is 20.1. The second-order valence-corrected chi connectivity index (χ2v) is 11.9. The molecule has 2 aliphatic rings. The molecule has 1 aliphatic heterocycles. The number of carbonyl (C=O) groups is 2. The molecular weight excluding hydrogens is 492 g/mol. The van der Waals surface area contributed by atoms with Crippen molar-refractivity contribution in [3.05, 3.63) is 59.9 Å². The van der Waals surface area contributed by atoms with Crippen LogP contribution in [-0.4, -0.2) is 62.1 Å². The third kappa shape index (κ3) is 6.60. The molecule has 1 aromatic carbocycles. The van der Waals surface area contributed by atoms with Crippen molar-refractivity contribution < 1.29 is 18.0 Å². The number of aromatic nitrogens is 1. The molecule has 11 heteroatoms. The lowest BCUT2D eigenvalue weighted by molar-refractivity contribution is -0.122. The van der Waals surface area contributed by atoms with Gasteiger partial charge in [0.05, 0.1) is 12.2 Å². The molecule has 1 atom stereocenters. The number of carbonyl (C=O) groups excluding carboxylic acids is 2. The van der Waals surface area contributed by atoms with E-state index in [0.717, 1.165) is 24.0 Å². The van der Waals surface area contributed by atoms with E-state index in [1.165, 1.54) is 12.5 Å². The average Bonchev–Trinajstić information content (AvgIpc) is 3.65. The maximum Gasteiger partial charge on any atom is 0.247 e. The van der Waals surface area contributed by atoms with Gasteiger partial charge in [-0.05, 0) is 42.4 Å². The average molecular weight is 525 g/mol. The first-order chi connectivity index (χ1) is 17.6. The van der Waals surface area contributed by atoms with E-state index in [2.05, 4.69) is 15.6 Å². The van der Waals surface area contributed by atoms with Crippen LogP contribution >= 0.6 is 0 Å². The number of hydrogen-bond acceptors (Lipinski definition) is 8. The summed E-state index contributed by atoms with van der Waals surface area (Å²) in [6, 6.07) is 10.7. The first-order valence-electron chi connectivity index (χ1n) is 12.2. The first-order valence-corrected chi connectivity index (χ1v) is 14.2. The molecule has 0 unspecified atom stereocenters. The minimum absolute atomic E-state index is 0.0102. The Morgan fingerprint density at radius 1 is 1.30 bits per heavy atom. The van der Waals surface area contributed by atoms with Gasteiger partial charge in [-0.1, -0.05) is 24.3 Å². The molecule has 2 amide bonds. The Balaban J connectivity index is 1.38. The van der Waals surface area contributed by atoms with Gasteiger partial charge in [-0.15, -0.1) is 0 Å². The third-order valence-electron chi connectivity index (χ3n) is 6.68. The van der Waals surface area contributed by atoms with Crippen molar-refractivity contribution in [2.75, 3.05) is 35.3 Å². The Labute approximate surface area is 216 Å². The van der Waals surface area contributed by atoms with Crippen LogP contribution in [0, 0.1) is 11.3 Å². The highest BCUT2D eigenvalue weighted by molar-refractivity contribution is 7.90. The lowest BCUT2D eigenvalue weighted by atomic mass is 9.93. The van der Waals surface area contributed by atoms with E-state index in [1.54, 1.807) is 41.6 Å². The molecule has 2 aromatic rings. The van der Waals surface area contributed by atoms with E-state index in [-0.39, 0.29) is 36.5 Å². The van der Waals surface area contributed by atoms with Crippen LogP contribution in [0.5, 0.6) is 0 Å². The third-order valence-corrected chi connectivity index (χ3v) is 7.62. The number of pyridine rings is 1. The molecule has 2 heterocycles. The minimum atomic E-state index is -3.08. The molecular formula is C26H32N6O4S. The van der Waals surface area contributed by atoms with Gasteiger partial charge in [0.2, 0.25) is 11.8 Å². The second-order valence-electron chi connectivity index (χ2n) is 9.67. The van der Waals surface area contributed by atoms with E-state index in [4.69, 9.17) is 11.1 Å². The SMILES string of the molecule is CS(=O)(=O)CCN/C=C(\C=N)c1cccc(CC(=O)Nc2cc(N3CC[C@@](N)(C4CC4)C3=O)ccn2)c1. The van der Waals surface area contributed by atoms with E-state index >= 15 is 0 Å². The molecule has 2 fully saturated rings. The molecule has 0 radical (unpaired) electrons. The largest absolute Gasteiger partial charge is 0.389 e. The predicted molar refractivity (Wildman–Crippen MR) is 144 cm³/mol. The zero-order valence-corrected chi connectivity index (χ0v) is 21.6. The summed E-state index contributed by atoms with van der Waals surface area (Å²) in [5.74, 6) is 0.253. The van der Waals surface area contributed by atoms with Gasteiger partial charge in [0.1, 0.15) is 21.2 Å². The summed E-state index contributed by atoms with van der Waals surface area (Å²) in [6.45, 7) is 0.780. The number of allylic oxidation sites excluding steroid dienone is 1. The molecule has 1 saturated heterocycles. The summed E-state index contributed by atoms with van der Waals surface area (Å²) in [5.41, 5.74) is 8.31. The molecule has 1 aliphatic carbocycles. The van der Waals surface area contributed by atoms with Gasteiger partial charge in [-0.3, -0.25) is 9.59 Å². The summed E-state index contributed by atoms with van der Waals surface area (Å²) in [5, 5.41) is 13.4. The second kappa shape index (κ2) is 10.8. The van der Waals surface area contributed by atoms with Gasteiger partial charge in [-0.25, -0.2) is 13.4 Å². The number of sulfone groups is 1. The monoisotopic (exact) mass is 524 g/mol. The highest BCUT2D eigenvalue weighted by Crippen LogP contribution is 2.44. The fourth-order valence-electron chi connectivity index (χ4n) is 4.50. The van der Waals surface area contributed by atoms with Crippen molar-refractivity contribution in [3.8, 4) is 0 Å². The first kappa shape index (κ1) is 26.5. The Kier molecular flexibility index (Phi) is 7.74. The van der Waals surface area contributed by atoms with E-state index in [1.807, 2.05) is 12.1 Å². The van der Waals surface area contributed by atoms with Crippen LogP contribution < -0.4 is 21.3 Å². The highest BCUT2D eigenvalue weighted by Gasteiger charge is 2.53. The van der Waals surface area contributed by atoms with Crippen LogP contribution in [0.15, 0.2) is 48.8 Å². The fourth-order valence-corrected chi connectivity index (χ4v) is 4.99. The molecule has 1 aromatic heterocycles. The maximum atomic E-state index is 13.0. The zero-order chi connectivity index (χ0) is 26.6. The van der Waals surface area contributed by atoms with E-state index < -0.39 is 15.4 Å². The predicted octanol–water partition coefficient (Wildman–Crippen LogP) is 1.73. The Hall–Kier alpha value is -3.57. The number of nitrogens with two attached hydrogens (primary N) is 1. The van der Waals surface area contributed by atoms with Crippen LogP contribution in [0.2, 0.25) is 0 Å². The van der Waals surface area contributed by atoms with Crippen molar-refractivity contribution in [3.63, 3.8) is 0 Å². The summed E-state index contributed by atoms with van der Waals surface area (Å²) in [4.78, 5) is 31.6. The number of benzene rings is 1. The van der Waals surface area contributed by atoms with Gasteiger partial charge in [0, 0.05) is 55.3 Å². The molecule has 5 N–H and O–H groups in total. The van der Waals surface area contributed by atoms with Gasteiger partial charge in [-0.2, -0.15) is 0 Å². The van der Waals surface area contributed by atoms with Crippen LogP contribution in [0.3, 0.4) is 0 Å². The van der Waals surface area contributed by atoms with E-state index in [0.29, 0.717) is 30.0 Å². The highest BCUT2D eigenvalue weighted by atomic mass is 32.2. The van der Waals surface area contributed by atoms with Crippen molar-refractivity contribution in [1.82, 2.24) is 10.3 Å². The minimum Gasteiger partial charge on any atom is -0.389 e. The lowest BCUT2D eigenvalue weighted by Gasteiger charge is -2.23. The molecule has 37 heavy (non-hydrogen) atoms. The molecule has 196 valence electrons. The Morgan fingerprint density at radius 3 is 2.78 bits per heavy atom. The van der Waals surface area contributed by atoms with Crippen molar-refractivity contribution in [1.29, 1.82) is 5.41 Å². The summed E-state index contributed by atoms with van der Waals surface area (Å²) >= 11 is 0. The molecule has 1 saturated carbocycles. The van der Waals surface area contributed by atoms with Gasteiger partial charge in [0.15, 0.2) is 0 Å². The number of amides is 2. The quantitative estimate of drug-likeness (QED) is 0.257. The number of rotatable bonds is 11. The van der Waals surface area contributed by atoms with Crippen molar-refractivity contribution in [2.45, 2.75) is 31.2 Å². The number of nitrogens with one attached hydrogen (secondary N) is 3. The van der Waals surface area contributed by atoms with E-state index in [9.17, 15) is 18.0 Å². The summed E-state index contributed by atoms with van der Waals surface area (Å²) in [7, 11) is -3.08. The van der Waals surface area contributed by atoms with Gasteiger partial charge in [0.25, 0.3) is 0 Å². The summed E-state index contributed by atoms with van der Waals surface area (Å²) < 4.78 is 22.6. The zero-order valence-electron chi connectivity index (χ0n) is 20.7. The van der Waals surface area contributed by atoms with Gasteiger partial charge < -0.3 is 26.7 Å². The smallest absolute Gasteiger partial charge is 0.247 e. The van der Waals surface area contributed by atoms with Crippen LogP contribution in [-0.2, 0) is 25.8 Å². The molecule has 10 nitrogen and oxygen atoms in total. The van der Waals surface area contributed by atoms with Gasteiger partial charge >= 0.3 is 0 Å². The number of nitrogens with zero attached hydrogens (tertiary/aromatic N) is 2. The van der Waals surface area contributed by atoms with Crippen LogP contribution in [0.1, 0.15) is 30.4 Å². The molecule has 0 bridgehead atoms. The standard InChI is InChI=1S/C26H32N6O4S/c1-37(35,36)12-10-29-17-20(16-27)19-4-2-3-18(13-19)14-24(33)31-23-15-22(7-9-30-23)32-11-8-26(28,25(32)34)21-5-6-21/h2-4,7,9,13,15-17,21,27,29H,5-6,8,10-12,14,28H2,1H3,(H,30,31,33)/b20-17+,27-16?/t26-/m1/s1. The fraction of sp³-hybridized carbons (Fsp3) is 0.385.